The molecule has 1 amide bonds. The zero-order valence-corrected chi connectivity index (χ0v) is 15.8. The maximum Gasteiger partial charge on any atom is 0.222 e. The third kappa shape index (κ3) is 4.60. The highest BCUT2D eigenvalue weighted by molar-refractivity contribution is 5.76. The Bertz CT molecular complexity index is 730. The predicted octanol–water partition coefficient (Wildman–Crippen LogP) is 2.03. The van der Waals surface area contributed by atoms with Gasteiger partial charge in [0, 0.05) is 57.4 Å². The minimum absolute atomic E-state index is 0.169. The van der Waals surface area contributed by atoms with E-state index < -0.39 is 0 Å². The number of aromatic nitrogens is 3. The molecule has 1 fully saturated rings. The molecule has 2 aromatic heterocycles. The van der Waals surface area contributed by atoms with E-state index in [0.717, 1.165) is 30.0 Å². The highest BCUT2D eigenvalue weighted by atomic mass is 16.5. The number of ether oxygens (including phenoxy) is 1. The summed E-state index contributed by atoms with van der Waals surface area (Å²) in [5.74, 6) is 0.172. The summed E-state index contributed by atoms with van der Waals surface area (Å²) in [6.07, 6.45) is 4.82. The smallest absolute Gasteiger partial charge is 0.222 e. The molecule has 3 heterocycles. The first-order chi connectivity index (χ1) is 12.5. The van der Waals surface area contributed by atoms with Gasteiger partial charge in [0.15, 0.2) is 0 Å². The first-order valence-corrected chi connectivity index (χ1v) is 9.05. The molecule has 1 aliphatic heterocycles. The number of aryl methyl sites for hydroxylation is 2. The molecule has 0 radical (unpaired) electrons. The van der Waals surface area contributed by atoms with Gasteiger partial charge in [-0.05, 0) is 31.5 Å². The van der Waals surface area contributed by atoms with Crippen molar-refractivity contribution in [2.75, 3.05) is 38.7 Å². The van der Waals surface area contributed by atoms with E-state index in [9.17, 15) is 4.79 Å². The molecule has 1 saturated heterocycles. The molecule has 0 saturated carbocycles. The molecule has 7 nitrogen and oxygen atoms in total. The Morgan fingerprint density at radius 3 is 2.96 bits per heavy atom. The average molecular weight is 357 g/mol. The Morgan fingerprint density at radius 1 is 1.38 bits per heavy atom. The largest absolute Gasteiger partial charge is 0.378 e. The van der Waals surface area contributed by atoms with Gasteiger partial charge in [0.2, 0.25) is 5.91 Å². The van der Waals surface area contributed by atoms with Crippen LogP contribution in [-0.4, -0.2) is 59.4 Å². The van der Waals surface area contributed by atoms with Crippen LogP contribution in [0.4, 0.5) is 5.69 Å². The van der Waals surface area contributed by atoms with Crippen molar-refractivity contribution in [2.24, 2.45) is 0 Å². The third-order valence-corrected chi connectivity index (χ3v) is 4.56. The van der Waals surface area contributed by atoms with E-state index >= 15 is 0 Å². The van der Waals surface area contributed by atoms with Gasteiger partial charge in [-0.25, -0.2) is 0 Å². The van der Waals surface area contributed by atoms with E-state index in [1.54, 1.807) is 6.20 Å². The van der Waals surface area contributed by atoms with Gasteiger partial charge in [-0.15, -0.1) is 0 Å². The Balaban J connectivity index is 1.59. The number of amides is 1. The molecule has 0 aliphatic carbocycles. The monoisotopic (exact) mass is 357 g/mol. The Labute approximate surface area is 154 Å². The standard InChI is InChI=1S/C19H27N5O2/c1-15-12-16(22(2)3)13-17(21-15)18-14-23(10-11-26-18)19(25)6-4-8-24-9-5-7-20-24/h5,7,9,12-13,18H,4,6,8,10-11,14H2,1-3H3. The first kappa shape index (κ1) is 18.4. The van der Waals surface area contributed by atoms with Crippen LogP contribution >= 0.6 is 0 Å². The molecule has 7 heteroatoms. The molecule has 140 valence electrons. The fourth-order valence-corrected chi connectivity index (χ4v) is 3.14. The van der Waals surface area contributed by atoms with Crippen molar-refractivity contribution >= 4 is 11.6 Å². The lowest BCUT2D eigenvalue weighted by Gasteiger charge is -2.33. The molecule has 0 aromatic carbocycles. The van der Waals surface area contributed by atoms with Gasteiger partial charge in [0.1, 0.15) is 6.10 Å². The SMILES string of the molecule is Cc1cc(N(C)C)cc(C2CN(C(=O)CCCn3cccn3)CCO2)n1. The molecule has 2 aromatic rings. The van der Waals surface area contributed by atoms with Gasteiger partial charge < -0.3 is 14.5 Å². The third-order valence-electron chi connectivity index (χ3n) is 4.56. The number of pyridine rings is 1. The number of carbonyl (C=O) groups excluding carboxylic acids is 1. The number of rotatable bonds is 6. The molecular weight excluding hydrogens is 330 g/mol. The van der Waals surface area contributed by atoms with Crippen LogP contribution in [0.5, 0.6) is 0 Å². The number of nitrogens with zero attached hydrogens (tertiary/aromatic N) is 5. The highest BCUT2D eigenvalue weighted by Gasteiger charge is 2.26. The van der Waals surface area contributed by atoms with Crippen molar-refractivity contribution in [3.05, 3.63) is 42.0 Å². The summed E-state index contributed by atoms with van der Waals surface area (Å²) in [5.41, 5.74) is 2.94. The fourth-order valence-electron chi connectivity index (χ4n) is 3.14. The summed E-state index contributed by atoms with van der Waals surface area (Å²) >= 11 is 0. The van der Waals surface area contributed by atoms with Gasteiger partial charge in [-0.3, -0.25) is 14.5 Å². The highest BCUT2D eigenvalue weighted by Crippen LogP contribution is 2.25. The van der Waals surface area contributed by atoms with Crippen LogP contribution in [0.1, 0.15) is 30.3 Å². The molecule has 1 atom stereocenters. The Morgan fingerprint density at radius 2 is 2.23 bits per heavy atom. The number of morpholine rings is 1. The number of hydrogen-bond acceptors (Lipinski definition) is 5. The lowest BCUT2D eigenvalue weighted by molar-refractivity contribution is -0.139. The van der Waals surface area contributed by atoms with Gasteiger partial charge in [-0.1, -0.05) is 0 Å². The average Bonchev–Trinajstić information content (AvgIpc) is 3.14. The van der Waals surface area contributed by atoms with Crippen LogP contribution < -0.4 is 4.90 Å². The Kier molecular flexibility index (Phi) is 5.88. The lowest BCUT2D eigenvalue weighted by Crippen LogP contribution is -2.42. The number of hydrogen-bond donors (Lipinski definition) is 0. The molecule has 1 unspecified atom stereocenters. The van der Waals surface area contributed by atoms with Crippen molar-refractivity contribution < 1.29 is 9.53 Å². The number of carbonyl (C=O) groups is 1. The van der Waals surface area contributed by atoms with E-state index in [0.29, 0.717) is 26.1 Å². The van der Waals surface area contributed by atoms with Gasteiger partial charge in [-0.2, -0.15) is 5.10 Å². The molecular formula is C19H27N5O2. The molecule has 0 bridgehead atoms. The van der Waals surface area contributed by atoms with Crippen LogP contribution in [0.3, 0.4) is 0 Å². The minimum Gasteiger partial charge on any atom is -0.378 e. The van der Waals surface area contributed by atoms with Crippen molar-refractivity contribution in [3.63, 3.8) is 0 Å². The quantitative estimate of drug-likeness (QED) is 0.792. The summed E-state index contributed by atoms with van der Waals surface area (Å²) in [7, 11) is 4.02. The van der Waals surface area contributed by atoms with E-state index in [2.05, 4.69) is 15.0 Å². The van der Waals surface area contributed by atoms with E-state index in [1.807, 2.05) is 55.0 Å². The van der Waals surface area contributed by atoms with Crippen molar-refractivity contribution in [3.8, 4) is 0 Å². The predicted molar refractivity (Wildman–Crippen MR) is 100 cm³/mol. The van der Waals surface area contributed by atoms with Gasteiger partial charge in [0.05, 0.1) is 18.8 Å². The fraction of sp³-hybridized carbons (Fsp3) is 0.526. The zero-order chi connectivity index (χ0) is 18.5. The molecule has 0 spiro atoms. The van der Waals surface area contributed by atoms with Crippen LogP contribution in [0.15, 0.2) is 30.6 Å². The van der Waals surface area contributed by atoms with Crippen LogP contribution in [-0.2, 0) is 16.1 Å². The number of anilines is 1. The topological polar surface area (TPSA) is 63.5 Å². The van der Waals surface area contributed by atoms with Crippen LogP contribution in [0.25, 0.3) is 0 Å². The van der Waals surface area contributed by atoms with E-state index in [1.165, 1.54) is 0 Å². The summed E-state index contributed by atoms with van der Waals surface area (Å²) in [5, 5.41) is 4.17. The summed E-state index contributed by atoms with van der Waals surface area (Å²) in [4.78, 5) is 21.1. The Hall–Kier alpha value is -2.41. The minimum atomic E-state index is -0.169. The molecule has 26 heavy (non-hydrogen) atoms. The van der Waals surface area contributed by atoms with Crippen molar-refractivity contribution in [1.82, 2.24) is 19.7 Å². The van der Waals surface area contributed by atoms with Gasteiger partial charge in [0.25, 0.3) is 0 Å². The second-order valence-corrected chi connectivity index (χ2v) is 6.86. The van der Waals surface area contributed by atoms with E-state index in [4.69, 9.17) is 4.74 Å². The zero-order valence-electron chi connectivity index (χ0n) is 15.8. The van der Waals surface area contributed by atoms with Crippen molar-refractivity contribution in [2.45, 2.75) is 32.4 Å². The second kappa shape index (κ2) is 8.31. The van der Waals surface area contributed by atoms with Crippen LogP contribution in [0.2, 0.25) is 0 Å². The maximum atomic E-state index is 12.6. The lowest BCUT2D eigenvalue weighted by atomic mass is 10.1. The normalized spacial score (nSPS) is 17.3. The van der Waals surface area contributed by atoms with Gasteiger partial charge >= 0.3 is 0 Å². The summed E-state index contributed by atoms with van der Waals surface area (Å²) in [6.45, 7) is 4.49. The van der Waals surface area contributed by atoms with Crippen molar-refractivity contribution in [1.29, 1.82) is 0 Å². The first-order valence-electron chi connectivity index (χ1n) is 9.05. The maximum absolute atomic E-state index is 12.6. The molecule has 3 rings (SSSR count). The van der Waals surface area contributed by atoms with Crippen LogP contribution in [0, 0.1) is 6.92 Å². The van der Waals surface area contributed by atoms with E-state index in [-0.39, 0.29) is 12.0 Å². The summed E-state index contributed by atoms with van der Waals surface area (Å²) < 4.78 is 7.76. The molecule has 0 N–H and O–H groups in total. The second-order valence-electron chi connectivity index (χ2n) is 6.86. The summed E-state index contributed by atoms with van der Waals surface area (Å²) in [6, 6.07) is 5.99. The molecule has 1 aliphatic rings.